The molecular weight excluding hydrogens is 328 g/mol. The first kappa shape index (κ1) is 17.1. The Kier molecular flexibility index (Phi) is 4.47. The molecule has 24 heavy (non-hydrogen) atoms. The van der Waals surface area contributed by atoms with E-state index >= 15 is 0 Å². The molecule has 3 saturated carbocycles. The van der Waals surface area contributed by atoms with Gasteiger partial charge in [0.15, 0.2) is 6.61 Å². The molecule has 0 atom stereocenters. The highest BCUT2D eigenvalue weighted by atomic mass is 35.5. The van der Waals surface area contributed by atoms with Crippen molar-refractivity contribution in [1.82, 2.24) is 10.2 Å². The Morgan fingerprint density at radius 2 is 1.83 bits per heavy atom. The molecule has 4 rings (SSSR count). The van der Waals surface area contributed by atoms with Crippen molar-refractivity contribution in [2.45, 2.75) is 37.6 Å². The summed E-state index contributed by atoms with van der Waals surface area (Å²) in [5.41, 5.74) is 0.220. The highest BCUT2D eigenvalue weighted by Crippen LogP contribution is 2.69. The molecule has 1 aromatic rings. The van der Waals surface area contributed by atoms with Crippen molar-refractivity contribution in [3.8, 4) is 5.75 Å². The lowest BCUT2D eigenvalue weighted by Crippen LogP contribution is -2.75. The number of amides is 2. The van der Waals surface area contributed by atoms with Crippen LogP contribution in [-0.2, 0) is 9.59 Å². The number of nitrogens with one attached hydrogen (secondary N) is 1. The summed E-state index contributed by atoms with van der Waals surface area (Å²) in [5, 5.41) is 3.73. The van der Waals surface area contributed by atoms with Gasteiger partial charge >= 0.3 is 0 Å². The van der Waals surface area contributed by atoms with Crippen LogP contribution < -0.4 is 10.1 Å². The zero-order chi connectivity index (χ0) is 17.4. The highest BCUT2D eigenvalue weighted by Gasteiger charge is 2.67. The van der Waals surface area contributed by atoms with Crippen molar-refractivity contribution in [2.75, 3.05) is 20.7 Å². The third-order valence-corrected chi connectivity index (χ3v) is 5.35. The van der Waals surface area contributed by atoms with Crippen LogP contribution in [0.15, 0.2) is 24.3 Å². The smallest absolute Gasteiger partial charge is 0.258 e. The van der Waals surface area contributed by atoms with Crippen LogP contribution in [-0.4, -0.2) is 43.0 Å². The molecule has 1 N–H and O–H groups in total. The third-order valence-electron chi connectivity index (χ3n) is 5.10. The Labute approximate surface area is 147 Å². The molecule has 0 unspecified atom stereocenters. The molecule has 0 saturated heterocycles. The maximum atomic E-state index is 12.1. The second-order valence-corrected chi connectivity index (χ2v) is 7.83. The summed E-state index contributed by atoms with van der Waals surface area (Å²) in [6.07, 6.45) is 4.45. The summed E-state index contributed by atoms with van der Waals surface area (Å²) in [7, 11) is 3.57. The molecule has 2 bridgehead atoms. The first-order valence-electron chi connectivity index (χ1n) is 8.21. The van der Waals surface area contributed by atoms with Gasteiger partial charge in [-0.25, -0.2) is 0 Å². The number of rotatable bonds is 7. The predicted molar refractivity (Wildman–Crippen MR) is 92.0 cm³/mol. The van der Waals surface area contributed by atoms with Gasteiger partial charge < -0.3 is 15.0 Å². The van der Waals surface area contributed by atoms with Crippen LogP contribution in [0, 0.1) is 5.41 Å². The van der Waals surface area contributed by atoms with E-state index in [0.29, 0.717) is 17.2 Å². The molecule has 3 aliphatic carbocycles. The van der Waals surface area contributed by atoms with Crippen LogP contribution >= 0.6 is 11.6 Å². The van der Waals surface area contributed by atoms with Crippen molar-refractivity contribution in [2.24, 2.45) is 5.41 Å². The Balaban J connectivity index is 1.37. The quantitative estimate of drug-likeness (QED) is 0.822. The number of ether oxygens (including phenoxy) is 1. The van der Waals surface area contributed by atoms with Crippen LogP contribution in [0.4, 0.5) is 0 Å². The maximum Gasteiger partial charge on any atom is 0.258 e. The van der Waals surface area contributed by atoms with E-state index in [1.807, 2.05) is 0 Å². The fourth-order valence-corrected chi connectivity index (χ4v) is 4.13. The number of hydrogen-bond donors (Lipinski definition) is 1. The largest absolute Gasteiger partial charge is 0.484 e. The lowest BCUT2D eigenvalue weighted by molar-refractivity contribution is -0.172. The Hall–Kier alpha value is -1.75. The summed E-state index contributed by atoms with van der Waals surface area (Å²) in [5.74, 6) is 0.711. The van der Waals surface area contributed by atoms with E-state index in [2.05, 4.69) is 5.32 Å². The molecule has 1 aromatic carbocycles. The van der Waals surface area contributed by atoms with Gasteiger partial charge in [0.05, 0.1) is 0 Å². The van der Waals surface area contributed by atoms with Gasteiger partial charge in [-0.2, -0.15) is 0 Å². The SMILES string of the molecule is CN(C)C(=O)CCC12CC(NC(=O)COc3ccc(Cl)cc3)(C1)C2. The minimum absolute atomic E-state index is 0.00942. The topological polar surface area (TPSA) is 58.6 Å². The standard InChI is InChI=1S/C18H23ClN2O3/c1-21(2)16(23)7-8-17-10-18(11-17,12-17)20-15(22)9-24-14-5-3-13(19)4-6-14/h3-6H,7-12H2,1-2H3,(H,20,22). The van der Waals surface area contributed by atoms with Crippen LogP contribution in [0.3, 0.4) is 0 Å². The number of carbonyl (C=O) groups is 2. The van der Waals surface area contributed by atoms with E-state index in [9.17, 15) is 9.59 Å². The lowest BCUT2D eigenvalue weighted by Gasteiger charge is -2.71. The van der Waals surface area contributed by atoms with Gasteiger partial charge in [0.2, 0.25) is 5.91 Å². The first-order chi connectivity index (χ1) is 11.3. The van der Waals surface area contributed by atoms with Gasteiger partial charge in [-0.1, -0.05) is 11.6 Å². The van der Waals surface area contributed by atoms with Crippen LogP contribution in [0.25, 0.3) is 0 Å². The second-order valence-electron chi connectivity index (χ2n) is 7.39. The summed E-state index contributed by atoms with van der Waals surface area (Å²) in [4.78, 5) is 25.4. The normalized spacial score (nSPS) is 26.8. The lowest BCUT2D eigenvalue weighted by atomic mass is 9.38. The van der Waals surface area contributed by atoms with E-state index < -0.39 is 0 Å². The summed E-state index contributed by atoms with van der Waals surface area (Å²) in [6, 6.07) is 6.95. The monoisotopic (exact) mass is 350 g/mol. The molecule has 0 aromatic heterocycles. The van der Waals surface area contributed by atoms with Crippen LogP contribution in [0.1, 0.15) is 32.1 Å². The fraction of sp³-hybridized carbons (Fsp3) is 0.556. The molecule has 0 radical (unpaired) electrons. The van der Waals surface area contributed by atoms with Gasteiger partial charge in [0.1, 0.15) is 5.75 Å². The fourth-order valence-electron chi connectivity index (χ4n) is 4.00. The van der Waals surface area contributed by atoms with E-state index in [0.717, 1.165) is 25.7 Å². The minimum atomic E-state index is -0.0948. The Morgan fingerprint density at radius 3 is 2.42 bits per heavy atom. The molecule has 0 aliphatic heterocycles. The van der Waals surface area contributed by atoms with Gasteiger partial charge in [-0.15, -0.1) is 0 Å². The molecule has 2 amide bonds. The highest BCUT2D eigenvalue weighted by molar-refractivity contribution is 6.30. The van der Waals surface area contributed by atoms with Gasteiger partial charge in [-0.05, 0) is 55.4 Å². The number of halogens is 1. The van der Waals surface area contributed by atoms with E-state index in [1.165, 1.54) is 0 Å². The van der Waals surface area contributed by atoms with E-state index in [4.69, 9.17) is 16.3 Å². The van der Waals surface area contributed by atoms with Gasteiger partial charge in [0.25, 0.3) is 5.91 Å². The third kappa shape index (κ3) is 3.51. The number of nitrogens with zero attached hydrogens (tertiary/aromatic N) is 1. The van der Waals surface area contributed by atoms with Crippen LogP contribution in [0.2, 0.25) is 5.02 Å². The average molecular weight is 351 g/mol. The van der Waals surface area contributed by atoms with Crippen molar-refractivity contribution in [1.29, 1.82) is 0 Å². The first-order valence-corrected chi connectivity index (χ1v) is 8.59. The summed E-state index contributed by atoms with van der Waals surface area (Å²) in [6.45, 7) is 0.00942. The zero-order valence-corrected chi connectivity index (χ0v) is 14.9. The van der Waals surface area contributed by atoms with Crippen molar-refractivity contribution >= 4 is 23.4 Å². The Morgan fingerprint density at radius 1 is 1.21 bits per heavy atom. The molecule has 0 heterocycles. The van der Waals surface area contributed by atoms with Crippen molar-refractivity contribution < 1.29 is 14.3 Å². The summed E-state index contributed by atoms with van der Waals surface area (Å²) >= 11 is 5.81. The molecule has 5 nitrogen and oxygen atoms in total. The maximum absolute atomic E-state index is 12.1. The average Bonchev–Trinajstić information content (AvgIpc) is 2.47. The molecular formula is C18H23ClN2O3. The van der Waals surface area contributed by atoms with E-state index in [-0.39, 0.29) is 29.4 Å². The van der Waals surface area contributed by atoms with Crippen LogP contribution in [0.5, 0.6) is 5.75 Å². The zero-order valence-electron chi connectivity index (χ0n) is 14.1. The predicted octanol–water partition coefficient (Wildman–Crippen LogP) is 2.63. The summed E-state index contributed by atoms with van der Waals surface area (Å²) < 4.78 is 5.46. The number of benzene rings is 1. The van der Waals surface area contributed by atoms with Crippen molar-refractivity contribution in [3.63, 3.8) is 0 Å². The number of hydrogen-bond acceptors (Lipinski definition) is 3. The molecule has 3 aliphatic rings. The van der Waals surface area contributed by atoms with Gasteiger partial charge in [-0.3, -0.25) is 9.59 Å². The molecule has 3 fully saturated rings. The molecule has 130 valence electrons. The van der Waals surface area contributed by atoms with Gasteiger partial charge in [0, 0.05) is 31.1 Å². The van der Waals surface area contributed by atoms with Crippen molar-refractivity contribution in [3.05, 3.63) is 29.3 Å². The molecule has 6 heteroatoms. The minimum Gasteiger partial charge on any atom is -0.484 e. The molecule has 0 spiro atoms. The Bertz CT molecular complexity index is 622. The number of carbonyl (C=O) groups excluding carboxylic acids is 2. The van der Waals surface area contributed by atoms with E-state index in [1.54, 1.807) is 43.3 Å². The second kappa shape index (κ2) is 6.28.